The lowest BCUT2D eigenvalue weighted by Crippen LogP contribution is -1.99. The van der Waals surface area contributed by atoms with Crippen molar-refractivity contribution >= 4 is 21.5 Å². The molecule has 0 N–H and O–H groups in total. The van der Waals surface area contributed by atoms with Gasteiger partial charge in [-0.3, -0.25) is 0 Å². The number of unbranched alkanes of at least 4 members (excludes halogenated alkanes) is 9. The van der Waals surface area contributed by atoms with Crippen molar-refractivity contribution in [2.45, 2.75) is 84.5 Å². The van der Waals surface area contributed by atoms with Crippen molar-refractivity contribution in [2.75, 3.05) is 6.61 Å². The summed E-state index contributed by atoms with van der Waals surface area (Å²) in [5, 5.41) is 5.04. The van der Waals surface area contributed by atoms with E-state index in [2.05, 4.69) is 62.4 Å². The van der Waals surface area contributed by atoms with E-state index < -0.39 is 0 Å². The highest BCUT2D eigenvalue weighted by Gasteiger charge is 2.09. The molecule has 0 aliphatic rings. The van der Waals surface area contributed by atoms with E-state index >= 15 is 0 Å². The molecule has 0 aromatic heterocycles. The van der Waals surface area contributed by atoms with Crippen LogP contribution in [0.2, 0.25) is 0 Å². The second-order valence-corrected chi connectivity index (χ2v) is 8.37. The van der Waals surface area contributed by atoms with Crippen LogP contribution in [0, 0.1) is 0 Å². The van der Waals surface area contributed by atoms with Gasteiger partial charge >= 0.3 is 0 Å². The first-order chi connectivity index (χ1) is 14.3. The van der Waals surface area contributed by atoms with Crippen molar-refractivity contribution in [3.05, 3.63) is 54.1 Å². The van der Waals surface area contributed by atoms with Gasteiger partial charge in [-0.25, -0.2) is 0 Å². The maximum atomic E-state index is 6.40. The average Bonchev–Trinajstić information content (AvgIpc) is 2.76. The Bertz CT molecular complexity index is 880. The zero-order valence-corrected chi connectivity index (χ0v) is 18.5. The molecule has 1 heteroatoms. The Morgan fingerprint density at radius 3 is 2.00 bits per heavy atom. The lowest BCUT2D eigenvalue weighted by Gasteiger charge is -2.14. The minimum atomic E-state index is 0.815. The second-order valence-electron chi connectivity index (χ2n) is 8.37. The zero-order valence-electron chi connectivity index (χ0n) is 18.5. The Balaban J connectivity index is 1.54. The van der Waals surface area contributed by atoms with E-state index in [-0.39, 0.29) is 0 Å². The molecule has 0 bridgehead atoms. The van der Waals surface area contributed by atoms with Crippen LogP contribution in [0.25, 0.3) is 21.5 Å². The Morgan fingerprint density at radius 2 is 1.28 bits per heavy atom. The fraction of sp³-hybridized carbons (Fsp3) is 0.500. The van der Waals surface area contributed by atoms with Crippen molar-refractivity contribution in [3.63, 3.8) is 0 Å². The van der Waals surface area contributed by atoms with Gasteiger partial charge in [0.2, 0.25) is 0 Å². The minimum absolute atomic E-state index is 0.815. The van der Waals surface area contributed by atoms with Crippen LogP contribution in [0.5, 0.6) is 5.75 Å². The Labute approximate surface area is 177 Å². The lowest BCUT2D eigenvalue weighted by atomic mass is 9.99. The van der Waals surface area contributed by atoms with Gasteiger partial charge in [0.15, 0.2) is 0 Å². The van der Waals surface area contributed by atoms with Crippen molar-refractivity contribution in [1.29, 1.82) is 0 Å². The summed E-state index contributed by atoms with van der Waals surface area (Å²) in [7, 11) is 0. The maximum absolute atomic E-state index is 6.40. The first-order valence-corrected chi connectivity index (χ1v) is 11.9. The molecule has 3 aromatic rings. The predicted molar refractivity (Wildman–Crippen MR) is 128 cm³/mol. The van der Waals surface area contributed by atoms with Gasteiger partial charge in [0.25, 0.3) is 0 Å². The first kappa shape index (κ1) is 21.7. The van der Waals surface area contributed by atoms with Crippen LogP contribution in [0.3, 0.4) is 0 Å². The molecule has 29 heavy (non-hydrogen) atoms. The van der Waals surface area contributed by atoms with E-state index in [4.69, 9.17) is 4.74 Å². The molecule has 0 amide bonds. The molecule has 3 aromatic carbocycles. The molecule has 0 aliphatic heterocycles. The number of benzene rings is 3. The van der Waals surface area contributed by atoms with Crippen molar-refractivity contribution in [1.82, 2.24) is 0 Å². The van der Waals surface area contributed by atoms with Crippen LogP contribution >= 0.6 is 0 Å². The van der Waals surface area contributed by atoms with Crippen LogP contribution in [-0.2, 0) is 6.42 Å². The molecule has 0 atom stereocenters. The quantitative estimate of drug-likeness (QED) is 0.209. The monoisotopic (exact) mass is 390 g/mol. The number of hydrogen-bond donors (Lipinski definition) is 0. The first-order valence-electron chi connectivity index (χ1n) is 11.9. The average molecular weight is 391 g/mol. The van der Waals surface area contributed by atoms with E-state index in [0.717, 1.165) is 25.2 Å². The summed E-state index contributed by atoms with van der Waals surface area (Å²) in [5.41, 5.74) is 1.37. The van der Waals surface area contributed by atoms with E-state index in [0.29, 0.717) is 0 Å². The topological polar surface area (TPSA) is 9.23 Å². The highest BCUT2D eigenvalue weighted by molar-refractivity contribution is 6.05. The third kappa shape index (κ3) is 6.23. The van der Waals surface area contributed by atoms with Crippen molar-refractivity contribution in [3.8, 4) is 5.75 Å². The van der Waals surface area contributed by atoms with Gasteiger partial charge < -0.3 is 4.74 Å². The zero-order chi connectivity index (χ0) is 20.3. The highest BCUT2D eigenvalue weighted by atomic mass is 16.5. The number of hydrogen-bond acceptors (Lipinski definition) is 1. The van der Waals surface area contributed by atoms with E-state index in [1.165, 1.54) is 84.9 Å². The molecule has 156 valence electrons. The summed E-state index contributed by atoms with van der Waals surface area (Å²) < 4.78 is 6.40. The molecule has 0 aliphatic carbocycles. The molecule has 3 rings (SSSR count). The maximum Gasteiger partial charge on any atom is 0.134 e. The summed E-state index contributed by atoms with van der Waals surface area (Å²) in [6.45, 7) is 5.31. The van der Waals surface area contributed by atoms with Gasteiger partial charge in [0, 0.05) is 10.8 Å². The normalized spacial score (nSPS) is 11.4. The van der Waals surface area contributed by atoms with Crippen LogP contribution in [0.1, 0.15) is 83.6 Å². The molecule has 0 fully saturated rings. The van der Waals surface area contributed by atoms with Crippen LogP contribution in [0.4, 0.5) is 0 Å². The van der Waals surface area contributed by atoms with Gasteiger partial charge in [-0.1, -0.05) is 108 Å². The molecule has 0 saturated heterocycles. The number of ether oxygens (including phenoxy) is 1. The summed E-state index contributed by atoms with van der Waals surface area (Å²) >= 11 is 0. The molecule has 0 unspecified atom stereocenters. The number of aryl methyl sites for hydroxylation is 1. The fourth-order valence-electron chi connectivity index (χ4n) is 4.21. The molecule has 0 saturated carbocycles. The smallest absolute Gasteiger partial charge is 0.134 e. The number of rotatable bonds is 13. The Morgan fingerprint density at radius 1 is 0.621 bits per heavy atom. The fourth-order valence-corrected chi connectivity index (χ4v) is 4.21. The molecule has 0 radical (unpaired) electrons. The second kappa shape index (κ2) is 11.9. The van der Waals surface area contributed by atoms with Gasteiger partial charge in [-0.05, 0) is 41.3 Å². The van der Waals surface area contributed by atoms with Gasteiger partial charge in [-0.2, -0.15) is 0 Å². The summed E-state index contributed by atoms with van der Waals surface area (Å²) in [5.74, 6) is 1.07. The molecule has 1 nitrogen and oxygen atoms in total. The van der Waals surface area contributed by atoms with E-state index in [9.17, 15) is 0 Å². The van der Waals surface area contributed by atoms with Crippen LogP contribution in [-0.4, -0.2) is 6.61 Å². The summed E-state index contributed by atoms with van der Waals surface area (Å²) in [6.07, 6.45) is 14.6. The summed E-state index contributed by atoms with van der Waals surface area (Å²) in [6, 6.07) is 17.7. The molecular weight excluding hydrogens is 352 g/mol. The molecular formula is C28H38O. The van der Waals surface area contributed by atoms with Crippen molar-refractivity contribution < 1.29 is 4.74 Å². The van der Waals surface area contributed by atoms with Gasteiger partial charge in [0.05, 0.1) is 6.61 Å². The highest BCUT2D eigenvalue weighted by Crippen LogP contribution is 2.35. The van der Waals surface area contributed by atoms with Crippen LogP contribution < -0.4 is 4.74 Å². The van der Waals surface area contributed by atoms with Crippen LogP contribution in [0.15, 0.2) is 48.5 Å². The lowest BCUT2D eigenvalue weighted by molar-refractivity contribution is 0.311. The molecule has 0 heterocycles. The van der Waals surface area contributed by atoms with Gasteiger partial charge in [-0.15, -0.1) is 0 Å². The van der Waals surface area contributed by atoms with Gasteiger partial charge in [0.1, 0.15) is 5.75 Å². The Hall–Kier alpha value is -2.02. The SMILES string of the molecule is CCCCCCCCCCCCOc1c2ccccc2cc2ccc(CC)cc12. The predicted octanol–water partition coefficient (Wildman–Crippen LogP) is 8.86. The standard InChI is InChI=1S/C28H38O/c1-3-5-6-7-8-9-10-11-12-15-20-29-28-26-17-14-13-16-24(26)22-25-19-18-23(4-2)21-27(25)28/h13-14,16-19,21-22H,3-12,15,20H2,1-2H3. The minimum Gasteiger partial charge on any atom is -0.492 e. The third-order valence-electron chi connectivity index (χ3n) is 6.03. The molecule has 0 spiro atoms. The summed E-state index contributed by atoms with van der Waals surface area (Å²) in [4.78, 5) is 0. The number of fused-ring (bicyclic) bond motifs is 2. The van der Waals surface area contributed by atoms with Crippen molar-refractivity contribution in [2.24, 2.45) is 0 Å². The Kier molecular flexibility index (Phi) is 8.86. The largest absolute Gasteiger partial charge is 0.492 e. The van der Waals surface area contributed by atoms with E-state index in [1.807, 2.05) is 0 Å². The van der Waals surface area contributed by atoms with E-state index in [1.54, 1.807) is 0 Å². The third-order valence-corrected chi connectivity index (χ3v) is 6.03.